The van der Waals surface area contributed by atoms with Gasteiger partial charge < -0.3 is 9.64 Å². The number of nitrogens with zero attached hydrogens (tertiary/aromatic N) is 4. The van der Waals surface area contributed by atoms with E-state index < -0.39 is 4.92 Å². The molecule has 0 radical (unpaired) electrons. The van der Waals surface area contributed by atoms with Crippen molar-refractivity contribution in [3.05, 3.63) is 56.5 Å². The van der Waals surface area contributed by atoms with Crippen molar-refractivity contribution in [3.63, 3.8) is 0 Å². The third kappa shape index (κ3) is 3.75. The summed E-state index contributed by atoms with van der Waals surface area (Å²) in [7, 11) is 3.61. The molecule has 1 aromatic carbocycles. The summed E-state index contributed by atoms with van der Waals surface area (Å²) >= 11 is 1.58. The highest BCUT2D eigenvalue weighted by atomic mass is 32.1. The van der Waals surface area contributed by atoms with Crippen LogP contribution in [0.25, 0.3) is 10.9 Å². The third-order valence-electron chi connectivity index (χ3n) is 3.93. The Hall–Kier alpha value is -2.58. The van der Waals surface area contributed by atoms with Gasteiger partial charge in [-0.25, -0.2) is 9.97 Å². The quantitative estimate of drug-likeness (QED) is 0.490. The van der Waals surface area contributed by atoms with E-state index >= 15 is 0 Å². The van der Waals surface area contributed by atoms with Crippen molar-refractivity contribution in [1.82, 2.24) is 9.97 Å². The first-order valence-corrected chi connectivity index (χ1v) is 8.59. The number of rotatable bonds is 6. The van der Waals surface area contributed by atoms with E-state index in [0.717, 1.165) is 27.4 Å². The van der Waals surface area contributed by atoms with Crippen LogP contribution >= 0.6 is 11.3 Å². The van der Waals surface area contributed by atoms with Crippen LogP contribution in [0.15, 0.2) is 35.7 Å². The molecule has 2 aromatic heterocycles. The number of anilines is 1. The Morgan fingerprint density at radius 1 is 1.32 bits per heavy atom. The smallest absolute Gasteiger partial charge is 0.270 e. The highest BCUT2D eigenvalue weighted by Gasteiger charge is 2.12. The number of fused-ring (bicyclic) bond motifs is 1. The Kier molecular flexibility index (Phi) is 4.91. The Morgan fingerprint density at radius 3 is 2.84 bits per heavy atom. The second-order valence-corrected chi connectivity index (χ2v) is 6.60. The van der Waals surface area contributed by atoms with Gasteiger partial charge >= 0.3 is 0 Å². The molecular weight excluding hydrogens is 340 g/mol. The molecule has 0 aliphatic heterocycles. The van der Waals surface area contributed by atoms with E-state index in [1.54, 1.807) is 24.5 Å². The topological polar surface area (TPSA) is 81.4 Å². The lowest BCUT2D eigenvalue weighted by molar-refractivity contribution is -0.384. The number of thiazole rings is 1. The van der Waals surface area contributed by atoms with E-state index in [4.69, 9.17) is 4.74 Å². The number of benzene rings is 1. The van der Waals surface area contributed by atoms with Crippen LogP contribution in [0.5, 0.6) is 0 Å². The average molecular weight is 358 g/mol. The van der Waals surface area contributed by atoms with Crippen molar-refractivity contribution in [2.24, 2.45) is 0 Å². The summed E-state index contributed by atoms with van der Waals surface area (Å²) in [4.78, 5) is 21.6. The lowest BCUT2D eigenvalue weighted by atomic mass is 10.2. The maximum Gasteiger partial charge on any atom is 0.270 e. The van der Waals surface area contributed by atoms with Crippen LogP contribution in [0.4, 0.5) is 11.5 Å². The number of aromatic nitrogens is 2. The molecule has 1 atom stereocenters. The molecule has 3 rings (SSSR count). The summed E-state index contributed by atoms with van der Waals surface area (Å²) in [6.07, 6.45) is -0.0151. The van der Waals surface area contributed by atoms with Gasteiger partial charge in [-0.15, -0.1) is 11.3 Å². The minimum Gasteiger partial charge on any atom is -0.375 e. The van der Waals surface area contributed by atoms with Crippen molar-refractivity contribution in [2.45, 2.75) is 19.6 Å². The van der Waals surface area contributed by atoms with Gasteiger partial charge in [0.15, 0.2) is 0 Å². The van der Waals surface area contributed by atoms with Gasteiger partial charge in [0.25, 0.3) is 5.69 Å². The largest absolute Gasteiger partial charge is 0.375 e. The normalized spacial score (nSPS) is 12.3. The number of hydrogen-bond donors (Lipinski definition) is 0. The predicted molar refractivity (Wildman–Crippen MR) is 98.0 cm³/mol. The summed E-state index contributed by atoms with van der Waals surface area (Å²) in [5.74, 6) is 0.788. The predicted octanol–water partition coefficient (Wildman–Crippen LogP) is 3.94. The van der Waals surface area contributed by atoms with Gasteiger partial charge in [-0.3, -0.25) is 10.1 Å². The lowest BCUT2D eigenvalue weighted by Crippen LogP contribution is -2.18. The summed E-state index contributed by atoms with van der Waals surface area (Å²) < 4.78 is 5.29. The number of nitro benzene ring substituents is 1. The molecule has 0 N–H and O–H groups in total. The van der Waals surface area contributed by atoms with Crippen molar-refractivity contribution in [1.29, 1.82) is 0 Å². The van der Waals surface area contributed by atoms with Crippen LogP contribution in [-0.4, -0.2) is 29.0 Å². The first-order valence-electron chi connectivity index (χ1n) is 7.71. The van der Waals surface area contributed by atoms with Gasteiger partial charge in [0, 0.05) is 37.1 Å². The molecule has 0 fully saturated rings. The van der Waals surface area contributed by atoms with Crippen LogP contribution < -0.4 is 4.90 Å². The molecule has 0 amide bonds. The van der Waals surface area contributed by atoms with Gasteiger partial charge in [0.2, 0.25) is 0 Å². The van der Waals surface area contributed by atoms with Crippen LogP contribution in [-0.2, 0) is 11.3 Å². The maximum atomic E-state index is 10.9. The van der Waals surface area contributed by atoms with E-state index in [1.165, 1.54) is 12.1 Å². The number of non-ortho nitro benzene ring substituents is 1. The molecule has 2 heterocycles. The third-order valence-corrected chi connectivity index (χ3v) is 4.98. The van der Waals surface area contributed by atoms with Gasteiger partial charge in [0.1, 0.15) is 16.9 Å². The zero-order chi connectivity index (χ0) is 18.0. The van der Waals surface area contributed by atoms with Crippen LogP contribution in [0.3, 0.4) is 0 Å². The first kappa shape index (κ1) is 17.2. The number of nitro groups is 1. The van der Waals surface area contributed by atoms with Crippen molar-refractivity contribution < 1.29 is 9.66 Å². The highest BCUT2D eigenvalue weighted by Crippen LogP contribution is 2.24. The first-order chi connectivity index (χ1) is 12.0. The number of ether oxygens (including phenoxy) is 1. The molecule has 0 saturated heterocycles. The fraction of sp³-hybridized carbons (Fsp3) is 0.294. The second-order valence-electron chi connectivity index (χ2n) is 5.71. The Morgan fingerprint density at radius 2 is 2.12 bits per heavy atom. The van der Waals surface area contributed by atoms with E-state index in [2.05, 4.69) is 9.97 Å². The molecular formula is C17H18N4O3S. The van der Waals surface area contributed by atoms with Gasteiger partial charge in [-0.1, -0.05) is 0 Å². The van der Waals surface area contributed by atoms with E-state index in [9.17, 15) is 10.1 Å². The SMILES string of the molecule is COC(C)c1nc(CN(C)c2ccc3cc([N+](=O)[O-])ccc3n2)cs1. The average Bonchev–Trinajstić information content (AvgIpc) is 3.08. The van der Waals surface area contributed by atoms with Crippen LogP contribution in [0, 0.1) is 10.1 Å². The fourth-order valence-corrected chi connectivity index (χ4v) is 3.28. The van der Waals surface area contributed by atoms with Gasteiger partial charge in [0.05, 0.1) is 22.7 Å². The summed E-state index contributed by atoms with van der Waals surface area (Å²) in [5, 5.41) is 14.6. The Labute approximate surface area is 149 Å². The maximum absolute atomic E-state index is 10.9. The van der Waals surface area contributed by atoms with Crippen molar-refractivity contribution in [3.8, 4) is 0 Å². The van der Waals surface area contributed by atoms with Gasteiger partial charge in [-0.05, 0) is 25.1 Å². The minimum atomic E-state index is -0.402. The lowest BCUT2D eigenvalue weighted by Gasteiger charge is -2.17. The standard InChI is InChI=1S/C17H18N4O3S/c1-11(24-3)17-18-13(10-25-17)9-20(2)16-7-4-12-8-14(21(22)23)5-6-15(12)19-16/h4-8,10-11H,9H2,1-3H3. The minimum absolute atomic E-state index is 0.0151. The summed E-state index contributed by atoms with van der Waals surface area (Å²) in [6, 6.07) is 8.38. The van der Waals surface area contributed by atoms with Crippen molar-refractivity contribution in [2.75, 3.05) is 19.1 Å². The Bertz CT molecular complexity index is 912. The molecule has 130 valence electrons. The monoisotopic (exact) mass is 358 g/mol. The van der Waals surface area contributed by atoms with Crippen molar-refractivity contribution >= 4 is 33.7 Å². The van der Waals surface area contributed by atoms with E-state index in [-0.39, 0.29) is 11.8 Å². The Balaban J connectivity index is 1.79. The van der Waals surface area contributed by atoms with Gasteiger partial charge in [-0.2, -0.15) is 0 Å². The fourth-order valence-electron chi connectivity index (χ4n) is 2.44. The van der Waals surface area contributed by atoms with Crippen LogP contribution in [0.1, 0.15) is 23.7 Å². The molecule has 0 bridgehead atoms. The molecule has 8 heteroatoms. The molecule has 7 nitrogen and oxygen atoms in total. The molecule has 0 aliphatic carbocycles. The molecule has 1 unspecified atom stereocenters. The summed E-state index contributed by atoms with van der Waals surface area (Å²) in [6.45, 7) is 2.59. The zero-order valence-electron chi connectivity index (χ0n) is 14.2. The summed E-state index contributed by atoms with van der Waals surface area (Å²) in [5.41, 5.74) is 1.75. The molecule has 25 heavy (non-hydrogen) atoms. The second kappa shape index (κ2) is 7.12. The molecule has 0 saturated carbocycles. The van der Waals surface area contributed by atoms with Crippen LogP contribution in [0.2, 0.25) is 0 Å². The molecule has 0 spiro atoms. The number of pyridine rings is 1. The van der Waals surface area contributed by atoms with E-state index in [0.29, 0.717) is 6.54 Å². The highest BCUT2D eigenvalue weighted by molar-refractivity contribution is 7.09. The molecule has 3 aromatic rings. The number of methoxy groups -OCH3 is 1. The number of hydrogen-bond acceptors (Lipinski definition) is 7. The van der Waals surface area contributed by atoms with E-state index in [1.807, 2.05) is 36.4 Å². The zero-order valence-corrected chi connectivity index (χ0v) is 15.0. The molecule has 0 aliphatic rings.